The summed E-state index contributed by atoms with van der Waals surface area (Å²) in [6.45, 7) is 11.0. The number of thiophene rings is 1. The van der Waals surface area contributed by atoms with Gasteiger partial charge in [0.05, 0.1) is 4.88 Å². The van der Waals surface area contributed by atoms with Crippen molar-refractivity contribution in [2.75, 3.05) is 26.2 Å². The standard InChI is InChI=1S/C16H26N2OS/c1-12-9-13(2)11-18(10-12)8-4-7-17-16(19)15-6-5-14(3)20-15/h5-6,12-13H,4,7-11H2,1-3H3,(H,17,19). The van der Waals surface area contributed by atoms with E-state index in [9.17, 15) is 4.79 Å². The van der Waals surface area contributed by atoms with Crippen LogP contribution in [0, 0.1) is 18.8 Å². The third-order valence-corrected chi connectivity index (χ3v) is 4.84. The van der Waals surface area contributed by atoms with Crippen LogP contribution in [0.2, 0.25) is 0 Å². The molecule has 1 aromatic heterocycles. The Kier molecular flexibility index (Phi) is 5.61. The molecule has 0 radical (unpaired) electrons. The average molecular weight is 294 g/mol. The van der Waals surface area contributed by atoms with Crippen molar-refractivity contribution in [3.63, 3.8) is 0 Å². The molecule has 4 heteroatoms. The lowest BCUT2D eigenvalue weighted by Gasteiger charge is -2.34. The van der Waals surface area contributed by atoms with Crippen molar-refractivity contribution in [3.05, 3.63) is 21.9 Å². The minimum Gasteiger partial charge on any atom is -0.351 e. The van der Waals surface area contributed by atoms with E-state index in [1.165, 1.54) is 24.4 Å². The molecule has 1 N–H and O–H groups in total. The number of hydrogen-bond acceptors (Lipinski definition) is 3. The lowest BCUT2D eigenvalue weighted by molar-refractivity contribution is 0.0951. The van der Waals surface area contributed by atoms with Crippen LogP contribution >= 0.6 is 11.3 Å². The molecule has 3 nitrogen and oxygen atoms in total. The van der Waals surface area contributed by atoms with E-state index in [2.05, 4.69) is 24.1 Å². The lowest BCUT2D eigenvalue weighted by atomic mass is 9.92. The molecule has 0 spiro atoms. The summed E-state index contributed by atoms with van der Waals surface area (Å²) in [6, 6.07) is 3.90. The summed E-state index contributed by atoms with van der Waals surface area (Å²) in [6.07, 6.45) is 2.39. The fourth-order valence-corrected chi connectivity index (χ4v) is 3.91. The van der Waals surface area contributed by atoms with Gasteiger partial charge < -0.3 is 10.2 Å². The molecule has 1 aliphatic rings. The smallest absolute Gasteiger partial charge is 0.261 e. The van der Waals surface area contributed by atoms with Gasteiger partial charge in [0.2, 0.25) is 0 Å². The maximum Gasteiger partial charge on any atom is 0.261 e. The van der Waals surface area contributed by atoms with E-state index in [1.54, 1.807) is 11.3 Å². The van der Waals surface area contributed by atoms with Gasteiger partial charge in [-0.3, -0.25) is 4.79 Å². The second kappa shape index (κ2) is 7.23. The van der Waals surface area contributed by atoms with Crippen molar-refractivity contribution in [2.45, 2.75) is 33.6 Å². The van der Waals surface area contributed by atoms with Crippen molar-refractivity contribution in [1.29, 1.82) is 0 Å². The first-order valence-corrected chi connectivity index (χ1v) is 8.43. The number of piperidine rings is 1. The molecule has 1 aliphatic heterocycles. The first kappa shape index (κ1) is 15.5. The molecule has 0 saturated carbocycles. The van der Waals surface area contributed by atoms with E-state index < -0.39 is 0 Å². The van der Waals surface area contributed by atoms with Gasteiger partial charge in [-0.15, -0.1) is 11.3 Å². The number of likely N-dealkylation sites (tertiary alicyclic amines) is 1. The Hall–Kier alpha value is -0.870. The molecule has 2 rings (SSSR count). The van der Waals surface area contributed by atoms with E-state index in [0.717, 1.165) is 36.2 Å². The molecule has 0 bridgehead atoms. The maximum atomic E-state index is 11.9. The van der Waals surface area contributed by atoms with E-state index >= 15 is 0 Å². The van der Waals surface area contributed by atoms with Crippen molar-refractivity contribution in [3.8, 4) is 0 Å². The first-order valence-electron chi connectivity index (χ1n) is 7.61. The molecular formula is C16H26N2OS. The van der Waals surface area contributed by atoms with Gasteiger partial charge in [0, 0.05) is 24.5 Å². The lowest BCUT2D eigenvalue weighted by Crippen LogP contribution is -2.40. The van der Waals surface area contributed by atoms with Crippen LogP contribution in [-0.2, 0) is 0 Å². The summed E-state index contributed by atoms with van der Waals surface area (Å²) in [5, 5.41) is 3.02. The molecular weight excluding hydrogens is 268 g/mol. The molecule has 1 saturated heterocycles. The number of carbonyl (C=O) groups is 1. The zero-order valence-electron chi connectivity index (χ0n) is 12.8. The third-order valence-electron chi connectivity index (χ3n) is 3.85. The Morgan fingerprint density at radius 1 is 1.35 bits per heavy atom. The molecule has 112 valence electrons. The highest BCUT2D eigenvalue weighted by Crippen LogP contribution is 2.20. The summed E-state index contributed by atoms with van der Waals surface area (Å²) in [4.78, 5) is 16.4. The van der Waals surface area contributed by atoms with Gasteiger partial charge in [-0.2, -0.15) is 0 Å². The van der Waals surface area contributed by atoms with Crippen LogP contribution in [0.4, 0.5) is 0 Å². The second-order valence-corrected chi connectivity index (χ2v) is 7.51. The van der Waals surface area contributed by atoms with Gasteiger partial charge in [0.25, 0.3) is 5.91 Å². The molecule has 1 fully saturated rings. The van der Waals surface area contributed by atoms with Crippen LogP contribution in [-0.4, -0.2) is 37.0 Å². The van der Waals surface area contributed by atoms with E-state index in [-0.39, 0.29) is 5.91 Å². The van der Waals surface area contributed by atoms with Crippen LogP contribution in [0.1, 0.15) is 41.2 Å². The van der Waals surface area contributed by atoms with Gasteiger partial charge >= 0.3 is 0 Å². The highest BCUT2D eigenvalue weighted by molar-refractivity contribution is 7.13. The number of nitrogens with one attached hydrogen (secondary N) is 1. The Labute approximate surface area is 126 Å². The monoisotopic (exact) mass is 294 g/mol. The van der Waals surface area contributed by atoms with Gasteiger partial charge in [-0.05, 0) is 50.3 Å². The Morgan fingerprint density at radius 2 is 2.05 bits per heavy atom. The van der Waals surface area contributed by atoms with E-state index in [0.29, 0.717) is 0 Å². The number of carbonyl (C=O) groups excluding carboxylic acids is 1. The van der Waals surface area contributed by atoms with E-state index in [4.69, 9.17) is 0 Å². The molecule has 2 heterocycles. The minimum atomic E-state index is 0.0727. The van der Waals surface area contributed by atoms with Gasteiger partial charge in [0.1, 0.15) is 0 Å². The summed E-state index contributed by atoms with van der Waals surface area (Å²) in [7, 11) is 0. The molecule has 2 unspecified atom stereocenters. The van der Waals surface area contributed by atoms with Gasteiger partial charge in [-0.1, -0.05) is 13.8 Å². The van der Waals surface area contributed by atoms with Crippen LogP contribution in [0.25, 0.3) is 0 Å². The van der Waals surface area contributed by atoms with Crippen molar-refractivity contribution in [1.82, 2.24) is 10.2 Å². The van der Waals surface area contributed by atoms with Crippen LogP contribution in [0.3, 0.4) is 0 Å². The van der Waals surface area contributed by atoms with E-state index in [1.807, 2.05) is 19.1 Å². The zero-order valence-corrected chi connectivity index (χ0v) is 13.6. The van der Waals surface area contributed by atoms with Crippen LogP contribution < -0.4 is 5.32 Å². The minimum absolute atomic E-state index is 0.0727. The summed E-state index contributed by atoms with van der Waals surface area (Å²) in [5.74, 6) is 1.69. The largest absolute Gasteiger partial charge is 0.351 e. The maximum absolute atomic E-state index is 11.9. The molecule has 0 aromatic carbocycles. The van der Waals surface area contributed by atoms with Crippen LogP contribution in [0.15, 0.2) is 12.1 Å². The fourth-order valence-electron chi connectivity index (χ4n) is 3.12. The highest BCUT2D eigenvalue weighted by Gasteiger charge is 2.21. The van der Waals surface area contributed by atoms with Gasteiger partial charge in [0.15, 0.2) is 0 Å². The zero-order chi connectivity index (χ0) is 14.5. The third kappa shape index (κ3) is 4.60. The number of hydrogen-bond donors (Lipinski definition) is 1. The number of aryl methyl sites for hydroxylation is 1. The van der Waals surface area contributed by atoms with Crippen molar-refractivity contribution in [2.24, 2.45) is 11.8 Å². The molecule has 1 amide bonds. The van der Waals surface area contributed by atoms with Crippen LogP contribution in [0.5, 0.6) is 0 Å². The first-order chi connectivity index (χ1) is 9.54. The molecule has 1 aromatic rings. The summed E-state index contributed by atoms with van der Waals surface area (Å²) in [5.41, 5.74) is 0. The SMILES string of the molecule is Cc1ccc(C(=O)NCCCN2CC(C)CC(C)C2)s1. The van der Waals surface area contributed by atoms with Crippen molar-refractivity contribution >= 4 is 17.2 Å². The summed E-state index contributed by atoms with van der Waals surface area (Å²) >= 11 is 1.56. The fraction of sp³-hybridized carbons (Fsp3) is 0.688. The van der Waals surface area contributed by atoms with Gasteiger partial charge in [-0.25, -0.2) is 0 Å². The molecule has 0 aliphatic carbocycles. The molecule has 20 heavy (non-hydrogen) atoms. The Balaban J connectivity index is 1.65. The normalized spacial score (nSPS) is 23.8. The second-order valence-electron chi connectivity index (χ2n) is 6.23. The number of rotatable bonds is 5. The Morgan fingerprint density at radius 3 is 2.65 bits per heavy atom. The average Bonchev–Trinajstić information content (AvgIpc) is 2.80. The predicted molar refractivity (Wildman–Crippen MR) is 85.4 cm³/mol. The quantitative estimate of drug-likeness (QED) is 0.846. The molecule has 2 atom stereocenters. The predicted octanol–water partition coefficient (Wildman–Crippen LogP) is 3.15. The number of nitrogens with zero attached hydrogens (tertiary/aromatic N) is 1. The summed E-state index contributed by atoms with van der Waals surface area (Å²) < 4.78 is 0. The Bertz CT molecular complexity index is 433. The highest BCUT2D eigenvalue weighted by atomic mass is 32.1. The topological polar surface area (TPSA) is 32.3 Å². The number of amides is 1. The van der Waals surface area contributed by atoms with Crippen molar-refractivity contribution < 1.29 is 4.79 Å².